The molecule has 1 amide bonds. The number of para-hydroxylation sites is 1. The summed E-state index contributed by atoms with van der Waals surface area (Å²) < 4.78 is 0. The Morgan fingerprint density at radius 1 is 1.33 bits per heavy atom. The van der Waals surface area contributed by atoms with Crippen LogP contribution in [0, 0.1) is 0 Å². The van der Waals surface area contributed by atoms with Crippen LogP contribution in [0.2, 0.25) is 0 Å². The lowest BCUT2D eigenvalue weighted by Gasteiger charge is -2.16. The van der Waals surface area contributed by atoms with Crippen molar-refractivity contribution in [3.05, 3.63) is 52.2 Å². The Morgan fingerprint density at radius 3 is 3.00 bits per heavy atom. The largest absolute Gasteiger partial charge is 0.384 e. The fourth-order valence-corrected chi connectivity index (χ4v) is 2.92. The lowest BCUT2D eigenvalue weighted by molar-refractivity contribution is -0.122. The first-order valence-corrected chi connectivity index (χ1v) is 7.51. The van der Waals surface area contributed by atoms with Gasteiger partial charge in [-0.25, -0.2) is 0 Å². The first-order chi connectivity index (χ1) is 10.3. The van der Waals surface area contributed by atoms with E-state index in [0.29, 0.717) is 12.4 Å². The molecule has 5 nitrogen and oxygen atoms in total. The van der Waals surface area contributed by atoms with E-state index in [-0.39, 0.29) is 12.5 Å². The number of thiophene rings is 1. The van der Waals surface area contributed by atoms with Crippen molar-refractivity contribution in [3.63, 3.8) is 0 Å². The predicted molar refractivity (Wildman–Crippen MR) is 83.5 cm³/mol. The fraction of sp³-hybridized carbons (Fsp3) is 0.200. The molecule has 2 N–H and O–H groups in total. The van der Waals surface area contributed by atoms with Crippen LogP contribution < -0.4 is 10.6 Å². The van der Waals surface area contributed by atoms with Gasteiger partial charge in [-0.3, -0.25) is 4.79 Å². The Hall–Kier alpha value is -2.34. The van der Waals surface area contributed by atoms with Crippen LogP contribution in [0.5, 0.6) is 0 Å². The third-order valence-corrected chi connectivity index (χ3v) is 4.21. The van der Waals surface area contributed by atoms with Gasteiger partial charge in [0.1, 0.15) is 0 Å². The zero-order valence-electron chi connectivity index (χ0n) is 11.4. The summed E-state index contributed by atoms with van der Waals surface area (Å²) in [6, 6.07) is 11.6. The summed E-state index contributed by atoms with van der Waals surface area (Å²) in [5.41, 5.74) is 7.91. The molecule has 3 rings (SSSR count). The molecule has 0 radical (unpaired) electrons. The molecule has 2 aromatic rings. The number of amides is 1. The van der Waals surface area contributed by atoms with Crippen molar-refractivity contribution in [1.82, 2.24) is 0 Å². The molecule has 1 aliphatic rings. The van der Waals surface area contributed by atoms with Crippen molar-refractivity contribution in [1.29, 1.82) is 0 Å². The summed E-state index contributed by atoms with van der Waals surface area (Å²) in [7, 11) is 0. The summed E-state index contributed by atoms with van der Waals surface area (Å²) in [4.78, 5) is 19.8. The Labute approximate surface area is 126 Å². The Balaban J connectivity index is 1.60. The van der Waals surface area contributed by atoms with E-state index >= 15 is 0 Å². The minimum atomic E-state index is -0.111. The standard InChI is InChI=1S/C15H15N3O2S/c16-15(13-6-3-9-21-13)17-20-10-14(19)18-8-7-11-4-1-2-5-12(11)18/h1-6,9H,7-8,10H2,(H2,16,17). The van der Waals surface area contributed by atoms with Gasteiger partial charge in [0, 0.05) is 12.2 Å². The molecule has 21 heavy (non-hydrogen) atoms. The highest BCUT2D eigenvalue weighted by molar-refractivity contribution is 7.12. The van der Waals surface area contributed by atoms with Gasteiger partial charge in [-0.2, -0.15) is 0 Å². The minimum Gasteiger partial charge on any atom is -0.384 e. The van der Waals surface area contributed by atoms with E-state index in [2.05, 4.69) is 5.16 Å². The van der Waals surface area contributed by atoms with E-state index in [1.807, 2.05) is 41.8 Å². The molecule has 1 aliphatic heterocycles. The number of fused-ring (bicyclic) bond motifs is 1. The van der Waals surface area contributed by atoms with Crippen molar-refractivity contribution in [2.45, 2.75) is 6.42 Å². The van der Waals surface area contributed by atoms with Crippen LogP contribution >= 0.6 is 11.3 Å². The van der Waals surface area contributed by atoms with Gasteiger partial charge in [0.25, 0.3) is 5.91 Å². The number of oxime groups is 1. The fourth-order valence-electron chi connectivity index (χ4n) is 2.30. The number of carbonyl (C=O) groups excluding carboxylic acids is 1. The van der Waals surface area contributed by atoms with Gasteiger partial charge in [-0.15, -0.1) is 11.3 Å². The SMILES string of the molecule is N/C(=N\OCC(=O)N1CCc2ccccc21)c1cccs1. The predicted octanol–water partition coefficient (Wildman–Crippen LogP) is 1.97. The first kappa shape index (κ1) is 13.6. The van der Waals surface area contributed by atoms with Crippen molar-refractivity contribution < 1.29 is 9.63 Å². The number of carbonyl (C=O) groups is 1. The smallest absolute Gasteiger partial charge is 0.267 e. The van der Waals surface area contributed by atoms with Crippen molar-refractivity contribution in [2.24, 2.45) is 10.9 Å². The topological polar surface area (TPSA) is 67.9 Å². The molecule has 0 unspecified atom stereocenters. The molecule has 2 heterocycles. The maximum Gasteiger partial charge on any atom is 0.267 e. The Morgan fingerprint density at radius 2 is 2.19 bits per heavy atom. The number of benzene rings is 1. The number of hydrogen-bond donors (Lipinski definition) is 1. The average Bonchev–Trinajstić information content (AvgIpc) is 3.16. The second-order valence-electron chi connectivity index (χ2n) is 4.65. The number of amidine groups is 1. The average molecular weight is 301 g/mol. The van der Waals surface area contributed by atoms with Crippen LogP contribution in [0.15, 0.2) is 46.9 Å². The van der Waals surface area contributed by atoms with Gasteiger partial charge >= 0.3 is 0 Å². The van der Waals surface area contributed by atoms with Crippen LogP contribution in [0.3, 0.4) is 0 Å². The van der Waals surface area contributed by atoms with Gasteiger partial charge in [-0.1, -0.05) is 29.4 Å². The van der Waals surface area contributed by atoms with Gasteiger partial charge in [0.15, 0.2) is 12.4 Å². The highest BCUT2D eigenvalue weighted by Crippen LogP contribution is 2.27. The molecular formula is C15H15N3O2S. The second-order valence-corrected chi connectivity index (χ2v) is 5.60. The van der Waals surface area contributed by atoms with Crippen LogP contribution in [0.1, 0.15) is 10.4 Å². The number of nitrogens with zero attached hydrogens (tertiary/aromatic N) is 2. The van der Waals surface area contributed by atoms with Crippen molar-refractivity contribution in [2.75, 3.05) is 18.1 Å². The van der Waals surface area contributed by atoms with Gasteiger partial charge in [0.05, 0.1) is 4.88 Å². The molecule has 108 valence electrons. The summed E-state index contributed by atoms with van der Waals surface area (Å²) >= 11 is 1.47. The summed E-state index contributed by atoms with van der Waals surface area (Å²) in [6.07, 6.45) is 0.877. The highest BCUT2D eigenvalue weighted by Gasteiger charge is 2.24. The van der Waals surface area contributed by atoms with E-state index in [0.717, 1.165) is 17.0 Å². The summed E-state index contributed by atoms with van der Waals surface area (Å²) in [5.74, 6) is 0.183. The minimum absolute atomic E-state index is 0.109. The van der Waals surface area contributed by atoms with Gasteiger partial charge in [0.2, 0.25) is 0 Å². The quantitative estimate of drug-likeness (QED) is 0.533. The molecule has 0 fully saturated rings. The molecule has 1 aromatic heterocycles. The van der Waals surface area contributed by atoms with E-state index in [9.17, 15) is 4.79 Å². The van der Waals surface area contributed by atoms with Gasteiger partial charge in [-0.05, 0) is 29.5 Å². The third-order valence-electron chi connectivity index (χ3n) is 3.31. The molecule has 0 saturated heterocycles. The van der Waals surface area contributed by atoms with Crippen LogP contribution in [0.4, 0.5) is 5.69 Å². The third kappa shape index (κ3) is 2.90. The zero-order chi connectivity index (χ0) is 14.7. The lowest BCUT2D eigenvalue weighted by Crippen LogP contribution is -2.32. The van der Waals surface area contributed by atoms with Crippen LogP contribution in [0.25, 0.3) is 0 Å². The summed E-state index contributed by atoms with van der Waals surface area (Å²) in [6.45, 7) is 0.575. The molecule has 0 aliphatic carbocycles. The second kappa shape index (κ2) is 5.97. The van der Waals surface area contributed by atoms with Crippen LogP contribution in [-0.4, -0.2) is 24.9 Å². The molecule has 0 spiro atoms. The molecule has 1 aromatic carbocycles. The van der Waals surface area contributed by atoms with E-state index < -0.39 is 0 Å². The zero-order valence-corrected chi connectivity index (χ0v) is 12.2. The van der Waals surface area contributed by atoms with E-state index in [4.69, 9.17) is 10.6 Å². The molecule has 0 bridgehead atoms. The van der Waals surface area contributed by atoms with Crippen molar-refractivity contribution >= 4 is 28.8 Å². The van der Waals surface area contributed by atoms with Gasteiger partial charge < -0.3 is 15.5 Å². The normalized spacial score (nSPS) is 14.1. The number of hydrogen-bond acceptors (Lipinski definition) is 4. The van der Waals surface area contributed by atoms with Crippen LogP contribution in [-0.2, 0) is 16.1 Å². The van der Waals surface area contributed by atoms with E-state index in [1.54, 1.807) is 4.90 Å². The molecular weight excluding hydrogens is 286 g/mol. The molecule has 0 saturated carbocycles. The maximum atomic E-state index is 12.2. The Kier molecular flexibility index (Phi) is 3.87. The number of rotatable bonds is 4. The monoisotopic (exact) mass is 301 g/mol. The highest BCUT2D eigenvalue weighted by atomic mass is 32.1. The van der Waals surface area contributed by atoms with Crippen molar-refractivity contribution in [3.8, 4) is 0 Å². The first-order valence-electron chi connectivity index (χ1n) is 6.63. The molecule has 6 heteroatoms. The summed E-state index contributed by atoms with van der Waals surface area (Å²) in [5, 5.41) is 5.70. The molecule has 0 atom stereocenters. The maximum absolute atomic E-state index is 12.2. The van der Waals surface area contributed by atoms with E-state index in [1.165, 1.54) is 16.9 Å². The lowest BCUT2D eigenvalue weighted by atomic mass is 10.2. The Bertz CT molecular complexity index is 667. The number of anilines is 1. The number of nitrogens with two attached hydrogens (primary N) is 1.